The molecule has 1 unspecified atom stereocenters. The molecule has 2 aromatic rings. The topological polar surface area (TPSA) is 66.6 Å². The molecular weight excluding hydrogens is 386 g/mol. The molecule has 0 aromatic heterocycles. The first-order valence-electron chi connectivity index (χ1n) is 9.96. The number of nitrogens with two attached hydrogens (primary N) is 1. The first-order valence-corrected chi connectivity index (χ1v) is 9.96. The van der Waals surface area contributed by atoms with Crippen LogP contribution < -0.4 is 10.6 Å². The summed E-state index contributed by atoms with van der Waals surface area (Å²) in [6.07, 6.45) is 2.36. The van der Waals surface area contributed by atoms with Gasteiger partial charge in [-0.3, -0.25) is 9.59 Å². The maximum atomic E-state index is 13.5. The highest BCUT2D eigenvalue weighted by atomic mass is 35.5. The summed E-state index contributed by atoms with van der Waals surface area (Å²) in [5, 5.41) is 0. The predicted octanol–water partition coefficient (Wildman–Crippen LogP) is 2.91. The van der Waals surface area contributed by atoms with Crippen molar-refractivity contribution in [1.82, 2.24) is 4.90 Å². The molecule has 0 radical (unpaired) electrons. The quantitative estimate of drug-likeness (QED) is 0.838. The Balaban J connectivity index is 0.00000240. The summed E-state index contributed by atoms with van der Waals surface area (Å²) in [7, 11) is 1.80. The number of carbonyl (C=O) groups is 2. The number of rotatable bonds is 4. The summed E-state index contributed by atoms with van der Waals surface area (Å²) in [6, 6.07) is 18.0. The van der Waals surface area contributed by atoms with Crippen molar-refractivity contribution in [3.05, 3.63) is 65.7 Å². The van der Waals surface area contributed by atoms with Gasteiger partial charge < -0.3 is 15.5 Å². The van der Waals surface area contributed by atoms with Crippen LogP contribution in [0.5, 0.6) is 0 Å². The summed E-state index contributed by atoms with van der Waals surface area (Å²) in [5.41, 5.74) is 8.05. The predicted molar refractivity (Wildman–Crippen MR) is 117 cm³/mol. The Morgan fingerprint density at radius 1 is 1.07 bits per heavy atom. The molecule has 1 saturated heterocycles. The minimum absolute atomic E-state index is 0. The number of halogens is 1. The molecule has 5 nitrogen and oxygen atoms in total. The van der Waals surface area contributed by atoms with E-state index in [2.05, 4.69) is 0 Å². The van der Waals surface area contributed by atoms with E-state index < -0.39 is 5.41 Å². The van der Waals surface area contributed by atoms with Gasteiger partial charge in [-0.15, -0.1) is 12.4 Å². The molecule has 1 fully saturated rings. The molecule has 6 heteroatoms. The van der Waals surface area contributed by atoms with Gasteiger partial charge in [0.05, 0.1) is 5.41 Å². The van der Waals surface area contributed by atoms with Crippen LogP contribution in [0.15, 0.2) is 54.6 Å². The molecule has 2 aromatic carbocycles. The van der Waals surface area contributed by atoms with E-state index in [9.17, 15) is 9.59 Å². The van der Waals surface area contributed by atoms with Gasteiger partial charge in [0.2, 0.25) is 11.8 Å². The molecule has 154 valence electrons. The fraction of sp³-hybridized carbons (Fsp3) is 0.391. The van der Waals surface area contributed by atoms with E-state index in [4.69, 9.17) is 5.73 Å². The van der Waals surface area contributed by atoms with Crippen LogP contribution in [0.2, 0.25) is 0 Å². The number of carbonyl (C=O) groups excluding carboxylic acids is 2. The van der Waals surface area contributed by atoms with Crippen molar-refractivity contribution >= 4 is 29.9 Å². The Hall–Kier alpha value is -2.37. The van der Waals surface area contributed by atoms with Gasteiger partial charge in [-0.05, 0) is 36.5 Å². The smallest absolute Gasteiger partial charge is 0.238 e. The van der Waals surface area contributed by atoms with Gasteiger partial charge in [0.15, 0.2) is 0 Å². The fourth-order valence-electron chi connectivity index (χ4n) is 4.58. The largest absolute Gasteiger partial charge is 0.343 e. The van der Waals surface area contributed by atoms with E-state index in [1.54, 1.807) is 11.9 Å². The van der Waals surface area contributed by atoms with Gasteiger partial charge in [0, 0.05) is 38.3 Å². The first kappa shape index (κ1) is 21.3. The van der Waals surface area contributed by atoms with Crippen molar-refractivity contribution in [1.29, 1.82) is 0 Å². The van der Waals surface area contributed by atoms with E-state index in [1.807, 2.05) is 59.5 Å². The number of benzene rings is 2. The third kappa shape index (κ3) is 3.89. The highest BCUT2D eigenvalue weighted by Crippen LogP contribution is 2.45. The zero-order chi connectivity index (χ0) is 19.7. The number of amides is 2. The van der Waals surface area contributed by atoms with Crippen molar-refractivity contribution in [2.75, 3.05) is 25.0 Å². The zero-order valence-corrected chi connectivity index (χ0v) is 17.5. The van der Waals surface area contributed by atoms with Crippen LogP contribution in [-0.4, -0.2) is 42.9 Å². The Bertz CT molecular complexity index is 881. The van der Waals surface area contributed by atoms with Crippen LogP contribution in [0, 0.1) is 0 Å². The molecule has 0 saturated carbocycles. The number of hydrogen-bond acceptors (Lipinski definition) is 3. The normalized spacial score (nSPS) is 21.7. The average Bonchev–Trinajstić information content (AvgIpc) is 2.92. The van der Waals surface area contributed by atoms with Crippen LogP contribution in [0.3, 0.4) is 0 Å². The van der Waals surface area contributed by atoms with Crippen LogP contribution >= 0.6 is 12.4 Å². The molecule has 2 N–H and O–H groups in total. The second-order valence-corrected chi connectivity index (χ2v) is 8.02. The van der Waals surface area contributed by atoms with Gasteiger partial charge in [-0.2, -0.15) is 0 Å². The third-order valence-corrected chi connectivity index (χ3v) is 6.19. The van der Waals surface area contributed by atoms with Crippen molar-refractivity contribution in [2.45, 2.75) is 37.1 Å². The van der Waals surface area contributed by atoms with Crippen LogP contribution in [0.4, 0.5) is 5.69 Å². The summed E-state index contributed by atoms with van der Waals surface area (Å²) >= 11 is 0. The lowest BCUT2D eigenvalue weighted by atomic mass is 9.73. The van der Waals surface area contributed by atoms with Gasteiger partial charge in [-0.1, -0.05) is 48.5 Å². The molecule has 2 amide bonds. The summed E-state index contributed by atoms with van der Waals surface area (Å²) in [6.45, 7) is 1.35. The lowest BCUT2D eigenvalue weighted by Crippen LogP contribution is -2.48. The Morgan fingerprint density at radius 2 is 1.69 bits per heavy atom. The van der Waals surface area contributed by atoms with E-state index in [0.717, 1.165) is 29.7 Å². The van der Waals surface area contributed by atoms with Crippen LogP contribution in [-0.2, 0) is 21.4 Å². The number of likely N-dealkylation sites (N-methyl/N-ethyl adjacent to an activating group) is 1. The summed E-state index contributed by atoms with van der Waals surface area (Å²) < 4.78 is 0. The highest BCUT2D eigenvalue weighted by molar-refractivity contribution is 6.09. The van der Waals surface area contributed by atoms with Crippen LogP contribution in [0.25, 0.3) is 0 Å². The van der Waals surface area contributed by atoms with Gasteiger partial charge >= 0.3 is 0 Å². The molecule has 0 spiro atoms. The van der Waals surface area contributed by atoms with Crippen molar-refractivity contribution < 1.29 is 9.59 Å². The van der Waals surface area contributed by atoms with Crippen molar-refractivity contribution in [3.63, 3.8) is 0 Å². The maximum Gasteiger partial charge on any atom is 0.238 e. The second-order valence-electron chi connectivity index (χ2n) is 8.02. The number of para-hydroxylation sites is 1. The van der Waals surface area contributed by atoms with E-state index >= 15 is 0 Å². The molecule has 2 heterocycles. The maximum absolute atomic E-state index is 13.5. The number of nitrogens with zero attached hydrogens (tertiary/aromatic N) is 2. The average molecular weight is 414 g/mol. The van der Waals surface area contributed by atoms with Gasteiger partial charge in [-0.25, -0.2) is 0 Å². The standard InChI is InChI=1S/C23H27N3O2.ClH/c1-25-20-10-6-5-9-19(20)23(22(25)28,15-17-7-3-2-4-8-17)16-21(27)26-13-11-18(24)12-14-26;/h2-10,18H,11-16,24H2,1H3;1H. The molecule has 1 atom stereocenters. The number of likely N-dealkylation sites (tertiary alicyclic amines) is 1. The minimum Gasteiger partial charge on any atom is -0.343 e. The molecule has 4 rings (SSSR count). The Morgan fingerprint density at radius 3 is 2.38 bits per heavy atom. The SMILES string of the molecule is CN1C(=O)C(CC(=O)N2CCC(N)CC2)(Cc2ccccc2)c2ccccc21.Cl. The minimum atomic E-state index is -0.858. The van der Waals surface area contributed by atoms with Crippen molar-refractivity contribution in [3.8, 4) is 0 Å². The Kier molecular flexibility index (Phi) is 6.30. The number of fused-ring (bicyclic) bond motifs is 1. The third-order valence-electron chi connectivity index (χ3n) is 6.19. The summed E-state index contributed by atoms with van der Waals surface area (Å²) in [5.74, 6) is 0.0425. The lowest BCUT2D eigenvalue weighted by molar-refractivity contribution is -0.137. The molecule has 0 bridgehead atoms. The van der Waals surface area contributed by atoms with Gasteiger partial charge in [0.25, 0.3) is 0 Å². The van der Waals surface area contributed by atoms with Crippen molar-refractivity contribution in [2.24, 2.45) is 5.73 Å². The molecule has 2 aliphatic heterocycles. The number of hydrogen-bond donors (Lipinski definition) is 1. The molecule has 29 heavy (non-hydrogen) atoms. The fourth-order valence-corrected chi connectivity index (χ4v) is 4.58. The number of piperidine rings is 1. The lowest BCUT2D eigenvalue weighted by Gasteiger charge is -2.34. The molecule has 2 aliphatic rings. The van der Waals surface area contributed by atoms with Gasteiger partial charge in [0.1, 0.15) is 0 Å². The molecular formula is C23H28ClN3O2. The van der Waals surface area contributed by atoms with E-state index in [0.29, 0.717) is 19.5 Å². The summed E-state index contributed by atoms with van der Waals surface area (Å²) in [4.78, 5) is 30.3. The first-order chi connectivity index (χ1) is 13.5. The zero-order valence-electron chi connectivity index (χ0n) is 16.7. The second kappa shape index (κ2) is 8.56. The number of anilines is 1. The molecule has 0 aliphatic carbocycles. The monoisotopic (exact) mass is 413 g/mol. The Labute approximate surface area is 178 Å². The van der Waals surface area contributed by atoms with E-state index in [1.165, 1.54) is 0 Å². The van der Waals surface area contributed by atoms with E-state index in [-0.39, 0.29) is 36.7 Å². The highest BCUT2D eigenvalue weighted by Gasteiger charge is 2.51. The van der Waals surface area contributed by atoms with Crippen LogP contribution in [0.1, 0.15) is 30.4 Å².